The second-order valence-corrected chi connectivity index (χ2v) is 5.21. The van der Waals surface area contributed by atoms with Crippen molar-refractivity contribution < 1.29 is 9.53 Å². The number of rotatable bonds is 7. The Morgan fingerprint density at radius 1 is 1.50 bits per heavy atom. The lowest BCUT2D eigenvalue weighted by atomic mass is 10.1. The van der Waals surface area contributed by atoms with Crippen LogP contribution >= 0.6 is 0 Å². The number of ether oxygens (including phenoxy) is 1. The molecule has 1 rings (SSSR count). The second kappa shape index (κ2) is 7.75. The van der Waals surface area contributed by atoms with Crippen molar-refractivity contribution in [3.63, 3.8) is 0 Å². The highest BCUT2D eigenvalue weighted by atomic mass is 16.5. The van der Waals surface area contributed by atoms with Crippen molar-refractivity contribution >= 4 is 17.3 Å². The summed E-state index contributed by atoms with van der Waals surface area (Å²) >= 11 is 0. The van der Waals surface area contributed by atoms with Crippen molar-refractivity contribution in [2.45, 2.75) is 20.3 Å². The molecule has 1 atom stereocenters. The van der Waals surface area contributed by atoms with Crippen LogP contribution in [0.2, 0.25) is 0 Å². The topological polar surface area (TPSA) is 67.6 Å². The molecule has 0 aromatic heterocycles. The standard InChI is InChI=1S/C15H25N3O2/c1-5-11(2)9-18(3)10-15(19)17-14-7-6-12(20-4)8-13(14)16/h6-8,11H,5,9-10,16H2,1-4H3,(H,17,19). The van der Waals surface area contributed by atoms with Crippen LogP contribution in [0.3, 0.4) is 0 Å². The number of likely N-dealkylation sites (N-methyl/N-ethyl adjacent to an activating group) is 1. The van der Waals surface area contributed by atoms with Gasteiger partial charge in [0.1, 0.15) is 5.75 Å². The Morgan fingerprint density at radius 3 is 2.75 bits per heavy atom. The molecular weight excluding hydrogens is 254 g/mol. The van der Waals surface area contributed by atoms with Crippen LogP contribution in [0.4, 0.5) is 11.4 Å². The molecule has 1 unspecified atom stereocenters. The van der Waals surface area contributed by atoms with Gasteiger partial charge < -0.3 is 15.8 Å². The number of hydrogen-bond donors (Lipinski definition) is 2. The zero-order valence-corrected chi connectivity index (χ0v) is 12.8. The molecule has 0 bridgehead atoms. The molecule has 20 heavy (non-hydrogen) atoms. The molecule has 0 aliphatic heterocycles. The van der Waals surface area contributed by atoms with Crippen molar-refractivity contribution in [2.24, 2.45) is 5.92 Å². The number of nitrogens with one attached hydrogen (secondary N) is 1. The van der Waals surface area contributed by atoms with Gasteiger partial charge in [0.25, 0.3) is 0 Å². The molecule has 5 heteroatoms. The van der Waals surface area contributed by atoms with E-state index >= 15 is 0 Å². The van der Waals surface area contributed by atoms with Crippen molar-refractivity contribution in [1.29, 1.82) is 0 Å². The van der Waals surface area contributed by atoms with E-state index in [1.807, 2.05) is 11.9 Å². The van der Waals surface area contributed by atoms with Gasteiger partial charge in [-0.1, -0.05) is 20.3 Å². The fourth-order valence-electron chi connectivity index (χ4n) is 1.94. The van der Waals surface area contributed by atoms with E-state index in [1.165, 1.54) is 0 Å². The van der Waals surface area contributed by atoms with Crippen LogP contribution in [0.15, 0.2) is 18.2 Å². The summed E-state index contributed by atoms with van der Waals surface area (Å²) in [6.07, 6.45) is 1.11. The van der Waals surface area contributed by atoms with E-state index in [0.29, 0.717) is 29.6 Å². The maximum absolute atomic E-state index is 12.0. The summed E-state index contributed by atoms with van der Waals surface area (Å²) < 4.78 is 5.07. The van der Waals surface area contributed by atoms with Crippen molar-refractivity contribution in [1.82, 2.24) is 4.90 Å². The number of carbonyl (C=O) groups is 1. The van der Waals surface area contributed by atoms with Crippen LogP contribution in [-0.2, 0) is 4.79 Å². The van der Waals surface area contributed by atoms with Gasteiger partial charge in [-0.15, -0.1) is 0 Å². The van der Waals surface area contributed by atoms with Crippen LogP contribution < -0.4 is 15.8 Å². The summed E-state index contributed by atoms with van der Waals surface area (Å²) in [5.74, 6) is 1.20. The largest absolute Gasteiger partial charge is 0.497 e. The Hall–Kier alpha value is -1.75. The Labute approximate surface area is 121 Å². The first-order valence-electron chi connectivity index (χ1n) is 6.88. The van der Waals surface area contributed by atoms with Gasteiger partial charge in [0.05, 0.1) is 25.0 Å². The van der Waals surface area contributed by atoms with Gasteiger partial charge in [-0.25, -0.2) is 0 Å². The second-order valence-electron chi connectivity index (χ2n) is 5.21. The summed E-state index contributed by atoms with van der Waals surface area (Å²) in [5.41, 5.74) is 6.99. The maximum atomic E-state index is 12.0. The van der Waals surface area contributed by atoms with Crippen molar-refractivity contribution in [3.05, 3.63) is 18.2 Å². The number of carbonyl (C=O) groups excluding carboxylic acids is 1. The van der Waals surface area contributed by atoms with Crippen molar-refractivity contribution in [2.75, 3.05) is 38.3 Å². The number of hydrogen-bond acceptors (Lipinski definition) is 4. The van der Waals surface area contributed by atoms with Gasteiger partial charge in [0.15, 0.2) is 0 Å². The monoisotopic (exact) mass is 279 g/mol. The number of methoxy groups -OCH3 is 1. The molecule has 1 amide bonds. The molecule has 0 aliphatic carbocycles. The minimum absolute atomic E-state index is 0.0623. The van der Waals surface area contributed by atoms with E-state index in [2.05, 4.69) is 19.2 Å². The van der Waals surface area contributed by atoms with Gasteiger partial charge in [-0.05, 0) is 25.1 Å². The van der Waals surface area contributed by atoms with E-state index in [-0.39, 0.29) is 5.91 Å². The number of amides is 1. The zero-order chi connectivity index (χ0) is 15.1. The predicted octanol–water partition coefficient (Wildman–Crippen LogP) is 2.19. The summed E-state index contributed by atoms with van der Waals surface area (Å²) in [7, 11) is 3.53. The van der Waals surface area contributed by atoms with E-state index in [9.17, 15) is 4.79 Å². The molecule has 0 radical (unpaired) electrons. The van der Waals surface area contributed by atoms with Crippen LogP contribution in [-0.4, -0.2) is 38.1 Å². The molecule has 0 spiro atoms. The first kappa shape index (κ1) is 16.3. The molecule has 0 saturated heterocycles. The Bertz CT molecular complexity index is 449. The normalized spacial score (nSPS) is 12.2. The molecule has 1 aromatic carbocycles. The number of benzene rings is 1. The van der Waals surface area contributed by atoms with Gasteiger partial charge >= 0.3 is 0 Å². The number of nitrogens with zero attached hydrogens (tertiary/aromatic N) is 1. The first-order chi connectivity index (χ1) is 9.46. The summed E-state index contributed by atoms with van der Waals surface area (Å²) in [6, 6.07) is 5.22. The van der Waals surface area contributed by atoms with Gasteiger partial charge in [0.2, 0.25) is 5.91 Å². The van der Waals surface area contributed by atoms with Gasteiger partial charge in [0, 0.05) is 12.6 Å². The lowest BCUT2D eigenvalue weighted by Gasteiger charge is -2.20. The zero-order valence-electron chi connectivity index (χ0n) is 12.8. The lowest BCUT2D eigenvalue weighted by Crippen LogP contribution is -2.33. The van der Waals surface area contributed by atoms with Gasteiger partial charge in [-0.3, -0.25) is 9.69 Å². The number of nitrogen functional groups attached to an aromatic ring is 1. The highest BCUT2D eigenvalue weighted by molar-refractivity contribution is 5.95. The predicted molar refractivity (Wildman–Crippen MR) is 83.0 cm³/mol. The average molecular weight is 279 g/mol. The van der Waals surface area contributed by atoms with E-state index in [1.54, 1.807) is 25.3 Å². The number of nitrogens with two attached hydrogens (primary N) is 1. The lowest BCUT2D eigenvalue weighted by molar-refractivity contribution is -0.117. The Kier molecular flexibility index (Phi) is 6.31. The van der Waals surface area contributed by atoms with Gasteiger partial charge in [-0.2, -0.15) is 0 Å². The van der Waals surface area contributed by atoms with E-state index in [4.69, 9.17) is 10.5 Å². The minimum Gasteiger partial charge on any atom is -0.497 e. The van der Waals surface area contributed by atoms with E-state index < -0.39 is 0 Å². The van der Waals surface area contributed by atoms with Crippen LogP contribution in [0.25, 0.3) is 0 Å². The highest BCUT2D eigenvalue weighted by Gasteiger charge is 2.11. The van der Waals surface area contributed by atoms with Crippen LogP contribution in [0, 0.1) is 5.92 Å². The molecule has 0 heterocycles. The van der Waals surface area contributed by atoms with Crippen LogP contribution in [0.5, 0.6) is 5.75 Å². The van der Waals surface area contributed by atoms with E-state index in [0.717, 1.165) is 13.0 Å². The molecule has 3 N–H and O–H groups in total. The molecule has 0 saturated carbocycles. The average Bonchev–Trinajstić information content (AvgIpc) is 2.40. The first-order valence-corrected chi connectivity index (χ1v) is 6.88. The fourth-order valence-corrected chi connectivity index (χ4v) is 1.94. The summed E-state index contributed by atoms with van der Waals surface area (Å²) in [4.78, 5) is 14.0. The highest BCUT2D eigenvalue weighted by Crippen LogP contribution is 2.23. The number of anilines is 2. The summed E-state index contributed by atoms with van der Waals surface area (Å²) in [6.45, 7) is 5.59. The molecule has 112 valence electrons. The quantitative estimate of drug-likeness (QED) is 0.751. The fraction of sp³-hybridized carbons (Fsp3) is 0.533. The summed E-state index contributed by atoms with van der Waals surface area (Å²) in [5, 5.41) is 2.82. The molecule has 0 fully saturated rings. The molecular formula is C15H25N3O2. The molecule has 5 nitrogen and oxygen atoms in total. The third kappa shape index (κ3) is 5.09. The maximum Gasteiger partial charge on any atom is 0.238 e. The van der Waals surface area contributed by atoms with Crippen molar-refractivity contribution in [3.8, 4) is 5.75 Å². The smallest absolute Gasteiger partial charge is 0.238 e. The minimum atomic E-state index is -0.0623. The molecule has 1 aromatic rings. The Morgan fingerprint density at radius 2 is 2.20 bits per heavy atom. The Balaban J connectivity index is 2.54. The third-order valence-electron chi connectivity index (χ3n) is 3.27. The SMILES string of the molecule is CCC(C)CN(C)CC(=O)Nc1ccc(OC)cc1N. The van der Waals surface area contributed by atoms with Crippen LogP contribution in [0.1, 0.15) is 20.3 Å². The molecule has 0 aliphatic rings. The third-order valence-corrected chi connectivity index (χ3v) is 3.27.